The van der Waals surface area contributed by atoms with Gasteiger partial charge in [0.1, 0.15) is 18.1 Å². The Balaban J connectivity index is 5.44. The molecule has 0 aromatic heterocycles. The molecule has 0 aromatic rings. The average Bonchev–Trinajstić information content (AvgIpc) is 2.70. The van der Waals surface area contributed by atoms with Crippen LogP contribution in [0.4, 0.5) is 0 Å². The van der Waals surface area contributed by atoms with Crippen LogP contribution in [0.2, 0.25) is 0 Å². The summed E-state index contributed by atoms with van der Waals surface area (Å²) < 4.78 is 0. The molecule has 5 unspecified atom stereocenters. The first-order valence-electron chi connectivity index (χ1n) is 10.5. The van der Waals surface area contributed by atoms with Crippen molar-refractivity contribution < 1.29 is 34.2 Å². The number of carboxylic acids is 2. The van der Waals surface area contributed by atoms with Crippen molar-refractivity contribution in [1.82, 2.24) is 16.0 Å². The molecular weight excluding hydrogens is 440 g/mol. The topological polar surface area (TPSA) is 188 Å². The number of carboxylic acid groups (broad SMARTS) is 2. The zero-order chi connectivity index (χ0) is 25.0. The number of hydrogen-bond donors (Lipinski definition) is 6. The van der Waals surface area contributed by atoms with Crippen LogP contribution in [0.1, 0.15) is 47.0 Å². The highest BCUT2D eigenvalue weighted by molar-refractivity contribution is 7.98. The van der Waals surface area contributed by atoms with E-state index in [0.717, 1.165) is 0 Å². The van der Waals surface area contributed by atoms with Crippen molar-refractivity contribution in [3.63, 3.8) is 0 Å². The quantitative estimate of drug-likeness (QED) is 0.186. The predicted octanol–water partition coefficient (Wildman–Crippen LogP) is -0.217. The van der Waals surface area contributed by atoms with Crippen LogP contribution in [0.5, 0.6) is 0 Å². The number of nitrogens with two attached hydrogens (primary N) is 1. The van der Waals surface area contributed by atoms with Gasteiger partial charge in [0.2, 0.25) is 17.7 Å². The molecule has 0 saturated heterocycles. The molecule has 0 rings (SSSR count). The number of nitrogens with one attached hydrogen (secondary N) is 3. The van der Waals surface area contributed by atoms with Crippen LogP contribution in [0.3, 0.4) is 0 Å². The number of hydrogen-bond acceptors (Lipinski definition) is 7. The highest BCUT2D eigenvalue weighted by Crippen LogP contribution is 2.11. The average molecular weight is 477 g/mol. The van der Waals surface area contributed by atoms with Crippen molar-refractivity contribution in [2.24, 2.45) is 17.6 Å². The molecule has 0 aromatic carbocycles. The van der Waals surface area contributed by atoms with E-state index in [4.69, 9.17) is 10.8 Å². The van der Waals surface area contributed by atoms with Gasteiger partial charge in [-0.1, -0.05) is 34.1 Å². The third-order valence-electron chi connectivity index (χ3n) is 5.00. The summed E-state index contributed by atoms with van der Waals surface area (Å²) in [5, 5.41) is 25.7. The van der Waals surface area contributed by atoms with Crippen LogP contribution in [-0.2, 0) is 24.0 Å². The molecule has 0 aliphatic rings. The van der Waals surface area contributed by atoms with Gasteiger partial charge in [0.15, 0.2) is 0 Å². The van der Waals surface area contributed by atoms with Crippen molar-refractivity contribution in [2.75, 3.05) is 12.0 Å². The van der Waals surface area contributed by atoms with Crippen LogP contribution >= 0.6 is 11.8 Å². The van der Waals surface area contributed by atoms with Gasteiger partial charge in [-0.2, -0.15) is 11.8 Å². The molecule has 11 nitrogen and oxygen atoms in total. The lowest BCUT2D eigenvalue weighted by atomic mass is 9.96. The maximum atomic E-state index is 13.0. The van der Waals surface area contributed by atoms with E-state index in [1.807, 2.05) is 13.2 Å². The lowest BCUT2D eigenvalue weighted by Gasteiger charge is -2.29. The van der Waals surface area contributed by atoms with Crippen LogP contribution in [0.15, 0.2) is 0 Å². The maximum absolute atomic E-state index is 13.0. The zero-order valence-corrected chi connectivity index (χ0v) is 20.0. The lowest BCUT2D eigenvalue weighted by molar-refractivity contribution is -0.142. The second-order valence-corrected chi connectivity index (χ2v) is 8.97. The number of thioether (sulfide) groups is 1. The Bertz CT molecular complexity index is 674. The summed E-state index contributed by atoms with van der Waals surface area (Å²) in [6, 6.07) is -4.50. The summed E-state index contributed by atoms with van der Waals surface area (Å²) >= 11 is 1.45. The number of carbonyl (C=O) groups is 5. The van der Waals surface area contributed by atoms with E-state index in [1.54, 1.807) is 20.8 Å². The molecule has 3 amide bonds. The molecule has 0 fully saturated rings. The van der Waals surface area contributed by atoms with E-state index in [2.05, 4.69) is 16.0 Å². The van der Waals surface area contributed by atoms with Gasteiger partial charge < -0.3 is 31.9 Å². The molecule has 5 atom stereocenters. The summed E-state index contributed by atoms with van der Waals surface area (Å²) in [6.07, 6.45) is 1.97. The Morgan fingerprint density at radius 3 is 1.88 bits per heavy atom. The van der Waals surface area contributed by atoms with E-state index >= 15 is 0 Å². The monoisotopic (exact) mass is 476 g/mol. The molecular formula is C20H36N4O7S. The molecule has 0 heterocycles. The number of rotatable bonds is 15. The summed E-state index contributed by atoms with van der Waals surface area (Å²) in [7, 11) is 0. The van der Waals surface area contributed by atoms with Crippen molar-refractivity contribution in [1.29, 1.82) is 0 Å². The molecule has 32 heavy (non-hydrogen) atoms. The lowest BCUT2D eigenvalue weighted by Crippen LogP contribution is -2.59. The third-order valence-corrected chi connectivity index (χ3v) is 5.64. The standard InChI is InChI=1S/C20H36N4O7S/c1-6-11(4)16(24-17(27)12(21)9-14(25)26)19(29)23-15(10(2)3)18(28)22-13(20(30)31)7-8-32-5/h10-13,15-16H,6-9,21H2,1-5H3,(H,22,28)(H,23,29)(H,24,27)(H,25,26)(H,30,31). The minimum absolute atomic E-state index is 0.230. The molecule has 0 saturated carbocycles. The summed E-state index contributed by atoms with van der Waals surface area (Å²) in [5.41, 5.74) is 5.58. The number of amides is 3. The van der Waals surface area contributed by atoms with Gasteiger partial charge in [0.25, 0.3) is 0 Å². The third kappa shape index (κ3) is 10.3. The number of carbonyl (C=O) groups excluding carboxylic acids is 3. The molecule has 0 aliphatic carbocycles. The van der Waals surface area contributed by atoms with E-state index in [1.165, 1.54) is 11.8 Å². The molecule has 0 spiro atoms. The molecule has 12 heteroatoms. The van der Waals surface area contributed by atoms with Gasteiger partial charge in [-0.3, -0.25) is 19.2 Å². The molecule has 0 radical (unpaired) electrons. The molecule has 7 N–H and O–H groups in total. The highest BCUT2D eigenvalue weighted by atomic mass is 32.2. The fourth-order valence-corrected chi connectivity index (χ4v) is 3.25. The van der Waals surface area contributed by atoms with Gasteiger partial charge >= 0.3 is 11.9 Å². The Morgan fingerprint density at radius 1 is 0.906 bits per heavy atom. The van der Waals surface area contributed by atoms with Gasteiger partial charge in [0, 0.05) is 0 Å². The second kappa shape index (κ2) is 14.7. The van der Waals surface area contributed by atoms with Crippen LogP contribution < -0.4 is 21.7 Å². The van der Waals surface area contributed by atoms with Crippen LogP contribution in [-0.4, -0.2) is 76.0 Å². The van der Waals surface area contributed by atoms with Gasteiger partial charge in [-0.25, -0.2) is 4.79 Å². The second-order valence-electron chi connectivity index (χ2n) is 7.99. The Hall–Kier alpha value is -2.34. The highest BCUT2D eigenvalue weighted by Gasteiger charge is 2.33. The van der Waals surface area contributed by atoms with E-state index in [0.29, 0.717) is 12.2 Å². The normalized spacial score (nSPS) is 15.7. The van der Waals surface area contributed by atoms with E-state index < -0.39 is 60.2 Å². The smallest absolute Gasteiger partial charge is 0.326 e. The Labute approximate surface area is 192 Å². The first kappa shape index (κ1) is 29.7. The number of aliphatic carboxylic acids is 2. The zero-order valence-electron chi connectivity index (χ0n) is 19.2. The molecule has 0 bridgehead atoms. The first-order valence-corrected chi connectivity index (χ1v) is 11.8. The van der Waals surface area contributed by atoms with Crippen molar-refractivity contribution in [2.45, 2.75) is 71.1 Å². The van der Waals surface area contributed by atoms with E-state index in [9.17, 15) is 29.1 Å². The fourth-order valence-electron chi connectivity index (χ4n) is 2.78. The summed E-state index contributed by atoms with van der Waals surface area (Å²) in [5.74, 6) is -4.65. The van der Waals surface area contributed by atoms with Crippen molar-refractivity contribution >= 4 is 41.4 Å². The van der Waals surface area contributed by atoms with E-state index in [-0.39, 0.29) is 18.3 Å². The maximum Gasteiger partial charge on any atom is 0.326 e. The minimum atomic E-state index is -1.33. The molecule has 184 valence electrons. The van der Waals surface area contributed by atoms with Gasteiger partial charge in [0.05, 0.1) is 12.5 Å². The largest absolute Gasteiger partial charge is 0.481 e. The van der Waals surface area contributed by atoms with Gasteiger partial charge in [-0.15, -0.1) is 0 Å². The predicted molar refractivity (Wildman–Crippen MR) is 121 cm³/mol. The van der Waals surface area contributed by atoms with Gasteiger partial charge in [-0.05, 0) is 30.3 Å². The molecule has 0 aliphatic heterocycles. The fraction of sp³-hybridized carbons (Fsp3) is 0.750. The Morgan fingerprint density at radius 2 is 1.44 bits per heavy atom. The van der Waals surface area contributed by atoms with Crippen molar-refractivity contribution in [3.8, 4) is 0 Å². The summed E-state index contributed by atoms with van der Waals surface area (Å²) in [6.45, 7) is 6.92. The van der Waals surface area contributed by atoms with Crippen LogP contribution in [0, 0.1) is 11.8 Å². The summed E-state index contributed by atoms with van der Waals surface area (Å²) in [4.78, 5) is 60.2. The van der Waals surface area contributed by atoms with Crippen LogP contribution in [0.25, 0.3) is 0 Å². The Kier molecular flexibility index (Phi) is 13.6. The van der Waals surface area contributed by atoms with Crippen molar-refractivity contribution in [3.05, 3.63) is 0 Å². The SMILES string of the molecule is CCC(C)C(NC(=O)C(N)CC(=O)O)C(=O)NC(C(=O)NC(CCSC)C(=O)O)C(C)C. The first-order chi connectivity index (χ1) is 14.8. The minimum Gasteiger partial charge on any atom is -0.481 e.